The van der Waals surface area contributed by atoms with Gasteiger partial charge in [-0.3, -0.25) is 5.43 Å². The highest BCUT2D eigenvalue weighted by atomic mass is 32.1. The third kappa shape index (κ3) is 5.20. The van der Waals surface area contributed by atoms with Crippen LogP contribution >= 0.6 is 12.2 Å². The number of rotatable bonds is 6. The fourth-order valence-electron chi connectivity index (χ4n) is 2.58. The fraction of sp³-hybridized carbons (Fsp3) is 0.368. The molecular formula is C19H26N4S. The number of thiocarbonyl (C=S) groups is 1. The van der Waals surface area contributed by atoms with E-state index in [0.29, 0.717) is 17.6 Å². The Hall–Kier alpha value is -2.14. The lowest BCUT2D eigenvalue weighted by atomic mass is 10.2. The van der Waals surface area contributed by atoms with Crippen molar-refractivity contribution in [3.05, 3.63) is 58.9 Å². The van der Waals surface area contributed by atoms with E-state index in [-0.39, 0.29) is 0 Å². The van der Waals surface area contributed by atoms with Crippen molar-refractivity contribution in [3.8, 4) is 0 Å². The van der Waals surface area contributed by atoms with Gasteiger partial charge in [-0.25, -0.2) is 0 Å². The van der Waals surface area contributed by atoms with Crippen molar-refractivity contribution >= 4 is 23.5 Å². The van der Waals surface area contributed by atoms with Gasteiger partial charge in [0.15, 0.2) is 5.11 Å². The number of hydrazone groups is 1. The molecule has 0 spiro atoms. The van der Waals surface area contributed by atoms with Crippen molar-refractivity contribution in [3.63, 3.8) is 0 Å². The van der Waals surface area contributed by atoms with E-state index < -0.39 is 0 Å². The average molecular weight is 343 g/mol. The van der Waals surface area contributed by atoms with Crippen molar-refractivity contribution in [2.75, 3.05) is 0 Å². The molecule has 0 fully saturated rings. The fourth-order valence-corrected chi connectivity index (χ4v) is 2.71. The first-order chi connectivity index (χ1) is 11.5. The summed E-state index contributed by atoms with van der Waals surface area (Å²) in [7, 11) is 0. The van der Waals surface area contributed by atoms with Gasteiger partial charge in [0, 0.05) is 30.0 Å². The van der Waals surface area contributed by atoms with Gasteiger partial charge in [-0.1, -0.05) is 44.2 Å². The predicted molar refractivity (Wildman–Crippen MR) is 105 cm³/mol. The van der Waals surface area contributed by atoms with Gasteiger partial charge in [0.2, 0.25) is 0 Å². The summed E-state index contributed by atoms with van der Waals surface area (Å²) in [6, 6.07) is 12.3. The molecule has 2 rings (SSSR count). The van der Waals surface area contributed by atoms with Crippen molar-refractivity contribution in [2.45, 2.75) is 40.8 Å². The standard InChI is InChI=1S/C19H26N4S/c1-14(2)13-23-15(3)10-18(16(23)4)12-21-22-19(24)20-11-17-8-6-5-7-9-17/h5-10,12,14H,11,13H2,1-4H3,(H2,20,22,24)/b21-12-. The summed E-state index contributed by atoms with van der Waals surface area (Å²) < 4.78 is 2.33. The Kier molecular flexibility index (Phi) is 6.55. The van der Waals surface area contributed by atoms with Crippen LogP contribution in [-0.2, 0) is 13.1 Å². The molecule has 1 aromatic carbocycles. The Morgan fingerprint density at radius 1 is 1.25 bits per heavy atom. The quantitative estimate of drug-likeness (QED) is 0.477. The van der Waals surface area contributed by atoms with Gasteiger partial charge in [0.1, 0.15) is 0 Å². The summed E-state index contributed by atoms with van der Waals surface area (Å²) in [4.78, 5) is 0. The SMILES string of the molecule is Cc1cc(/C=N\NC(=S)NCc2ccccc2)c(C)n1CC(C)C. The summed E-state index contributed by atoms with van der Waals surface area (Å²) in [5, 5.41) is 7.92. The molecule has 1 aromatic heterocycles. The van der Waals surface area contributed by atoms with Crippen molar-refractivity contribution in [2.24, 2.45) is 11.0 Å². The second-order valence-corrected chi connectivity index (χ2v) is 6.78. The van der Waals surface area contributed by atoms with E-state index in [1.165, 1.54) is 17.0 Å². The van der Waals surface area contributed by atoms with Crippen LogP contribution in [-0.4, -0.2) is 15.9 Å². The van der Waals surface area contributed by atoms with Crippen LogP contribution in [0.15, 0.2) is 41.5 Å². The third-order valence-electron chi connectivity index (χ3n) is 3.83. The van der Waals surface area contributed by atoms with Crippen molar-refractivity contribution in [1.29, 1.82) is 0 Å². The number of nitrogens with zero attached hydrogens (tertiary/aromatic N) is 2. The van der Waals surface area contributed by atoms with Gasteiger partial charge < -0.3 is 9.88 Å². The van der Waals surface area contributed by atoms with Gasteiger partial charge in [-0.2, -0.15) is 5.10 Å². The second-order valence-electron chi connectivity index (χ2n) is 6.37. The molecule has 5 heteroatoms. The molecule has 4 nitrogen and oxygen atoms in total. The molecule has 2 aromatic rings. The summed E-state index contributed by atoms with van der Waals surface area (Å²) in [5.41, 5.74) is 7.67. The molecular weight excluding hydrogens is 316 g/mol. The van der Waals surface area contributed by atoms with Crippen molar-refractivity contribution in [1.82, 2.24) is 15.3 Å². The zero-order chi connectivity index (χ0) is 17.5. The lowest BCUT2D eigenvalue weighted by molar-refractivity contribution is 0.509. The minimum absolute atomic E-state index is 0.520. The van der Waals surface area contributed by atoms with E-state index in [4.69, 9.17) is 12.2 Å². The molecule has 0 bridgehead atoms. The minimum Gasteiger partial charge on any atom is -0.357 e. The first-order valence-corrected chi connectivity index (χ1v) is 8.65. The van der Waals surface area contributed by atoms with Gasteiger partial charge in [0.25, 0.3) is 0 Å². The maximum absolute atomic E-state index is 5.25. The van der Waals surface area contributed by atoms with E-state index >= 15 is 0 Å². The van der Waals surface area contributed by atoms with Crippen LogP contribution in [0.3, 0.4) is 0 Å². The zero-order valence-corrected chi connectivity index (χ0v) is 15.7. The molecule has 0 saturated carbocycles. The Morgan fingerprint density at radius 2 is 1.96 bits per heavy atom. The first-order valence-electron chi connectivity index (χ1n) is 8.25. The van der Waals surface area contributed by atoms with Crippen LogP contribution in [0.5, 0.6) is 0 Å². The zero-order valence-electron chi connectivity index (χ0n) is 14.8. The van der Waals surface area contributed by atoms with E-state index in [1.54, 1.807) is 0 Å². The van der Waals surface area contributed by atoms with Crippen LogP contribution in [0.4, 0.5) is 0 Å². The van der Waals surface area contributed by atoms with Crippen LogP contribution in [0.25, 0.3) is 0 Å². The normalized spacial score (nSPS) is 11.2. The molecule has 2 N–H and O–H groups in total. The average Bonchev–Trinajstić information content (AvgIpc) is 2.81. The molecule has 0 unspecified atom stereocenters. The molecule has 1 heterocycles. The highest BCUT2D eigenvalue weighted by Crippen LogP contribution is 2.15. The van der Waals surface area contributed by atoms with Crippen LogP contribution in [0.2, 0.25) is 0 Å². The lowest BCUT2D eigenvalue weighted by Crippen LogP contribution is -2.31. The molecule has 0 atom stereocenters. The van der Waals surface area contributed by atoms with Gasteiger partial charge in [0.05, 0.1) is 6.21 Å². The topological polar surface area (TPSA) is 41.4 Å². The van der Waals surface area contributed by atoms with Crippen LogP contribution in [0.1, 0.15) is 36.4 Å². The predicted octanol–water partition coefficient (Wildman–Crippen LogP) is 3.76. The number of benzene rings is 1. The Morgan fingerprint density at radius 3 is 2.62 bits per heavy atom. The molecule has 0 aliphatic rings. The monoisotopic (exact) mass is 342 g/mol. The largest absolute Gasteiger partial charge is 0.357 e. The van der Waals surface area contributed by atoms with Gasteiger partial charge >= 0.3 is 0 Å². The van der Waals surface area contributed by atoms with Crippen molar-refractivity contribution < 1.29 is 0 Å². The number of nitrogens with one attached hydrogen (secondary N) is 2. The summed E-state index contributed by atoms with van der Waals surface area (Å²) in [5.74, 6) is 0.618. The van der Waals surface area contributed by atoms with Gasteiger partial charge in [-0.15, -0.1) is 0 Å². The molecule has 0 saturated heterocycles. The number of hydrogen-bond donors (Lipinski definition) is 2. The number of hydrogen-bond acceptors (Lipinski definition) is 2. The summed E-state index contributed by atoms with van der Waals surface area (Å²) in [6.07, 6.45) is 1.83. The molecule has 24 heavy (non-hydrogen) atoms. The smallest absolute Gasteiger partial charge is 0.187 e. The van der Waals surface area contributed by atoms with E-state index in [2.05, 4.69) is 66.3 Å². The highest BCUT2D eigenvalue weighted by molar-refractivity contribution is 7.80. The van der Waals surface area contributed by atoms with Crippen LogP contribution in [0, 0.1) is 19.8 Å². The third-order valence-corrected chi connectivity index (χ3v) is 4.06. The summed E-state index contributed by atoms with van der Waals surface area (Å²) in [6.45, 7) is 10.4. The Bertz CT molecular complexity index is 702. The van der Waals surface area contributed by atoms with E-state index in [1.807, 2.05) is 24.4 Å². The molecule has 0 aliphatic carbocycles. The van der Waals surface area contributed by atoms with Crippen LogP contribution < -0.4 is 10.7 Å². The molecule has 128 valence electrons. The molecule has 0 amide bonds. The number of aromatic nitrogens is 1. The second kappa shape index (κ2) is 8.64. The Labute approximate surface area is 150 Å². The first kappa shape index (κ1) is 18.2. The summed E-state index contributed by atoms with van der Waals surface area (Å²) >= 11 is 5.25. The highest BCUT2D eigenvalue weighted by Gasteiger charge is 2.08. The minimum atomic E-state index is 0.520. The lowest BCUT2D eigenvalue weighted by Gasteiger charge is -2.11. The maximum atomic E-state index is 5.25. The Balaban J connectivity index is 1.88. The maximum Gasteiger partial charge on any atom is 0.187 e. The molecule has 0 aliphatic heterocycles. The van der Waals surface area contributed by atoms with E-state index in [0.717, 1.165) is 12.1 Å². The number of aryl methyl sites for hydroxylation is 1. The van der Waals surface area contributed by atoms with Gasteiger partial charge in [-0.05, 0) is 43.6 Å². The molecule has 0 radical (unpaired) electrons. The van der Waals surface area contributed by atoms with E-state index in [9.17, 15) is 0 Å².